The first kappa shape index (κ1) is 15.4. The molecular weight excluding hydrogens is 330 g/mol. The lowest BCUT2D eigenvalue weighted by Crippen LogP contribution is -2.34. The van der Waals surface area contributed by atoms with Crippen molar-refractivity contribution in [2.45, 2.75) is 25.7 Å². The second-order valence-corrected chi connectivity index (χ2v) is 7.11. The van der Waals surface area contributed by atoms with E-state index in [1.165, 1.54) is 30.3 Å². The Bertz CT molecular complexity index is 1130. The average Bonchev–Trinajstić information content (AvgIpc) is 2.66. The van der Waals surface area contributed by atoms with Crippen molar-refractivity contribution in [1.82, 2.24) is 0 Å². The Hall–Kier alpha value is -2.82. The van der Waals surface area contributed by atoms with Gasteiger partial charge in [-0.3, -0.25) is 0 Å². The number of hydrogen-bond acceptors (Lipinski definition) is 5. The van der Waals surface area contributed by atoms with E-state index in [1.807, 2.05) is 12.1 Å². The monoisotopic (exact) mass is 349 g/mol. The minimum absolute atomic E-state index is 0.0650. The highest BCUT2D eigenvalue weighted by molar-refractivity contribution is 6.02. The summed E-state index contributed by atoms with van der Waals surface area (Å²) in [5.41, 5.74) is 3.96. The molecule has 3 heterocycles. The smallest absolute Gasteiger partial charge is 0.351 e. The summed E-state index contributed by atoms with van der Waals surface area (Å²) in [5, 5.41) is 3.03. The summed E-state index contributed by atoms with van der Waals surface area (Å²) in [6.45, 7) is 2.24. The number of nitrogens with zero attached hydrogens (tertiary/aromatic N) is 1. The van der Waals surface area contributed by atoms with Gasteiger partial charge in [0.05, 0.1) is 7.11 Å². The Morgan fingerprint density at radius 1 is 1.08 bits per heavy atom. The number of fused-ring (bicyclic) bond motifs is 3. The van der Waals surface area contributed by atoms with Gasteiger partial charge in [-0.25, -0.2) is 9.59 Å². The fourth-order valence-electron chi connectivity index (χ4n) is 4.48. The molecule has 5 heteroatoms. The van der Waals surface area contributed by atoms with Crippen LogP contribution in [0.3, 0.4) is 0 Å². The van der Waals surface area contributed by atoms with Crippen molar-refractivity contribution in [3.63, 3.8) is 0 Å². The number of anilines is 1. The fraction of sp³-hybridized carbons (Fsp3) is 0.333. The summed E-state index contributed by atoms with van der Waals surface area (Å²) in [7, 11) is 1.26. The third kappa shape index (κ3) is 2.16. The molecule has 1 aromatic heterocycles. The molecule has 0 fully saturated rings. The van der Waals surface area contributed by atoms with Gasteiger partial charge in [0, 0.05) is 24.2 Å². The van der Waals surface area contributed by atoms with Crippen molar-refractivity contribution >= 4 is 33.4 Å². The summed E-state index contributed by atoms with van der Waals surface area (Å²) in [4.78, 5) is 26.4. The van der Waals surface area contributed by atoms with Crippen LogP contribution in [-0.2, 0) is 17.6 Å². The number of rotatable bonds is 1. The molecule has 0 N–H and O–H groups in total. The van der Waals surface area contributed by atoms with Gasteiger partial charge in [-0.2, -0.15) is 0 Å². The van der Waals surface area contributed by atoms with Crippen LogP contribution in [0.15, 0.2) is 33.5 Å². The Balaban J connectivity index is 1.82. The number of ether oxygens (including phenoxy) is 1. The Morgan fingerprint density at radius 3 is 2.69 bits per heavy atom. The molecule has 0 saturated carbocycles. The molecule has 132 valence electrons. The maximum absolute atomic E-state index is 12.1. The molecule has 0 amide bonds. The number of aryl methyl sites for hydroxylation is 2. The van der Waals surface area contributed by atoms with Crippen molar-refractivity contribution in [3.05, 3.63) is 51.4 Å². The summed E-state index contributed by atoms with van der Waals surface area (Å²) in [6, 6.07) is 7.81. The average molecular weight is 349 g/mol. The lowest BCUT2D eigenvalue weighted by molar-refractivity contribution is 0.0596. The van der Waals surface area contributed by atoms with Crippen LogP contribution < -0.4 is 10.5 Å². The van der Waals surface area contributed by atoms with Gasteiger partial charge in [0.2, 0.25) is 0 Å². The van der Waals surface area contributed by atoms with Crippen molar-refractivity contribution in [2.24, 2.45) is 0 Å². The second-order valence-electron chi connectivity index (χ2n) is 7.11. The number of methoxy groups -OCH3 is 1. The highest BCUT2D eigenvalue weighted by Gasteiger charge is 2.26. The standard InChI is InChI=1S/C21H19NO4/c1-25-20(23)17-10-14-9-13-8-12-4-2-6-22-7-3-5-15(19(12)22)16(13)11-18(14)26-21(17)24/h8-11H,2-7H2,1H3. The lowest BCUT2D eigenvalue weighted by atomic mass is 9.87. The topological polar surface area (TPSA) is 59.8 Å². The van der Waals surface area contributed by atoms with Crippen LogP contribution in [0.25, 0.3) is 21.7 Å². The van der Waals surface area contributed by atoms with Crippen LogP contribution in [-0.4, -0.2) is 26.2 Å². The molecular formula is C21H19NO4. The number of carbonyl (C=O) groups is 1. The van der Waals surface area contributed by atoms with Crippen molar-refractivity contribution in [3.8, 4) is 0 Å². The predicted molar refractivity (Wildman–Crippen MR) is 100 cm³/mol. The van der Waals surface area contributed by atoms with E-state index >= 15 is 0 Å². The SMILES string of the molecule is COC(=O)c1cc2cc3cc4c5c(c3cc2oc1=O)CCCN5CCC4. The molecule has 0 spiro atoms. The van der Waals surface area contributed by atoms with Crippen LogP contribution in [0, 0.1) is 0 Å². The van der Waals surface area contributed by atoms with Crippen molar-refractivity contribution in [1.29, 1.82) is 0 Å². The Labute approximate surface area is 150 Å². The molecule has 0 aliphatic carbocycles. The molecule has 2 aliphatic heterocycles. The molecule has 0 atom stereocenters. The molecule has 3 aromatic rings. The van der Waals surface area contributed by atoms with E-state index in [1.54, 1.807) is 6.07 Å². The third-order valence-corrected chi connectivity index (χ3v) is 5.60. The first-order valence-corrected chi connectivity index (χ1v) is 9.05. The molecule has 26 heavy (non-hydrogen) atoms. The minimum atomic E-state index is -0.670. The van der Waals surface area contributed by atoms with Crippen molar-refractivity contribution in [2.75, 3.05) is 25.1 Å². The van der Waals surface area contributed by atoms with E-state index in [4.69, 9.17) is 4.42 Å². The van der Waals surface area contributed by atoms with Crippen LogP contribution in [0.5, 0.6) is 0 Å². The molecule has 2 aromatic carbocycles. The Morgan fingerprint density at radius 2 is 1.88 bits per heavy atom. The minimum Gasteiger partial charge on any atom is -0.465 e. The summed E-state index contributed by atoms with van der Waals surface area (Å²) in [6.07, 6.45) is 4.48. The van der Waals surface area contributed by atoms with Crippen LogP contribution in [0.2, 0.25) is 0 Å². The van der Waals surface area contributed by atoms with Gasteiger partial charge >= 0.3 is 11.6 Å². The second kappa shape index (κ2) is 5.59. The largest absolute Gasteiger partial charge is 0.465 e. The van der Waals surface area contributed by atoms with E-state index in [9.17, 15) is 9.59 Å². The first-order valence-electron chi connectivity index (χ1n) is 9.05. The quantitative estimate of drug-likeness (QED) is 0.383. The van der Waals surface area contributed by atoms with Crippen LogP contribution >= 0.6 is 0 Å². The van der Waals surface area contributed by atoms with Gasteiger partial charge in [0.25, 0.3) is 0 Å². The molecule has 2 aliphatic rings. The molecule has 5 rings (SSSR count). The normalized spacial score (nSPS) is 16.0. The number of hydrogen-bond donors (Lipinski definition) is 0. The van der Waals surface area contributed by atoms with E-state index in [2.05, 4.69) is 15.7 Å². The van der Waals surface area contributed by atoms with Gasteiger partial charge in [-0.1, -0.05) is 0 Å². The molecule has 0 unspecified atom stereocenters. The van der Waals surface area contributed by atoms with E-state index in [0.717, 1.165) is 48.5 Å². The zero-order valence-corrected chi connectivity index (χ0v) is 14.6. The lowest BCUT2D eigenvalue weighted by Gasteiger charge is -2.37. The highest BCUT2D eigenvalue weighted by Crippen LogP contribution is 2.40. The zero-order valence-electron chi connectivity index (χ0n) is 14.6. The maximum atomic E-state index is 12.1. The van der Waals surface area contributed by atoms with Gasteiger partial charge in [0.15, 0.2) is 0 Å². The van der Waals surface area contributed by atoms with Gasteiger partial charge in [0.1, 0.15) is 11.1 Å². The molecule has 5 nitrogen and oxygen atoms in total. The molecule has 0 saturated heterocycles. The summed E-state index contributed by atoms with van der Waals surface area (Å²) < 4.78 is 10.1. The zero-order chi connectivity index (χ0) is 17.8. The van der Waals surface area contributed by atoms with Crippen LogP contribution in [0.4, 0.5) is 5.69 Å². The fourth-order valence-corrected chi connectivity index (χ4v) is 4.48. The van der Waals surface area contributed by atoms with E-state index < -0.39 is 11.6 Å². The van der Waals surface area contributed by atoms with Crippen LogP contribution in [0.1, 0.15) is 34.3 Å². The first-order chi connectivity index (χ1) is 12.7. The summed E-state index contributed by atoms with van der Waals surface area (Å²) >= 11 is 0. The van der Waals surface area contributed by atoms with Gasteiger partial charge < -0.3 is 14.1 Å². The summed E-state index contributed by atoms with van der Waals surface area (Å²) in [5.74, 6) is -0.670. The van der Waals surface area contributed by atoms with Crippen molar-refractivity contribution < 1.29 is 13.9 Å². The Kier molecular flexibility index (Phi) is 3.32. The van der Waals surface area contributed by atoms with Gasteiger partial charge in [-0.05, 0) is 71.8 Å². The molecule has 0 radical (unpaired) electrons. The van der Waals surface area contributed by atoms with E-state index in [0.29, 0.717) is 5.58 Å². The maximum Gasteiger partial charge on any atom is 0.351 e. The number of benzene rings is 2. The third-order valence-electron chi connectivity index (χ3n) is 5.60. The molecule has 0 bridgehead atoms. The number of carbonyl (C=O) groups excluding carboxylic acids is 1. The predicted octanol–water partition coefficient (Wildman–Crippen LogP) is 3.43. The van der Waals surface area contributed by atoms with Gasteiger partial charge in [-0.15, -0.1) is 0 Å². The van der Waals surface area contributed by atoms with E-state index in [-0.39, 0.29) is 5.56 Å². The number of esters is 1. The highest BCUT2D eigenvalue weighted by atomic mass is 16.5.